The summed E-state index contributed by atoms with van der Waals surface area (Å²) in [5, 5.41) is 4.21. The van der Waals surface area contributed by atoms with E-state index in [2.05, 4.69) is 10.3 Å². The van der Waals surface area contributed by atoms with Gasteiger partial charge in [0.25, 0.3) is 0 Å². The van der Waals surface area contributed by atoms with Crippen LogP contribution in [0.3, 0.4) is 0 Å². The quantitative estimate of drug-likeness (QED) is 0.800. The fourth-order valence-corrected chi connectivity index (χ4v) is 3.05. The number of carbonyl (C=O) groups is 1. The topological polar surface area (TPSA) is 70.9 Å². The predicted octanol–water partition coefficient (Wildman–Crippen LogP) is 2.10. The van der Waals surface area contributed by atoms with E-state index >= 15 is 0 Å². The van der Waals surface area contributed by atoms with Crippen LogP contribution in [0.15, 0.2) is 30.5 Å². The monoisotopic (exact) mass is 271 g/mol. The van der Waals surface area contributed by atoms with Crippen molar-refractivity contribution >= 4 is 16.8 Å². The summed E-state index contributed by atoms with van der Waals surface area (Å²) in [7, 11) is 0. The van der Waals surface area contributed by atoms with Crippen LogP contribution < -0.4 is 11.1 Å². The Morgan fingerprint density at radius 3 is 2.95 bits per heavy atom. The number of nitrogens with one attached hydrogen (secondary N) is 2. The third kappa shape index (κ3) is 2.70. The molecule has 1 saturated carbocycles. The number of aromatic nitrogens is 1. The Bertz CT molecular complexity index is 605. The molecule has 4 N–H and O–H groups in total. The van der Waals surface area contributed by atoms with Gasteiger partial charge in [0.05, 0.1) is 6.42 Å². The molecule has 106 valence electrons. The Labute approximate surface area is 118 Å². The molecule has 0 saturated heterocycles. The van der Waals surface area contributed by atoms with Crippen molar-refractivity contribution in [1.29, 1.82) is 0 Å². The average molecular weight is 271 g/mol. The van der Waals surface area contributed by atoms with Crippen LogP contribution in [0.1, 0.15) is 31.2 Å². The SMILES string of the molecule is N[C@@H]1CCCC[C@H]1NC(=O)Cc1c[nH]c2ccccc12. The van der Waals surface area contributed by atoms with Crippen molar-refractivity contribution < 1.29 is 4.79 Å². The van der Waals surface area contributed by atoms with E-state index in [0.29, 0.717) is 6.42 Å². The molecule has 1 aliphatic carbocycles. The molecule has 4 heteroatoms. The molecule has 0 unspecified atom stereocenters. The van der Waals surface area contributed by atoms with Crippen molar-refractivity contribution in [3.05, 3.63) is 36.0 Å². The van der Waals surface area contributed by atoms with Gasteiger partial charge >= 0.3 is 0 Å². The number of hydrogen-bond donors (Lipinski definition) is 3. The van der Waals surface area contributed by atoms with Gasteiger partial charge in [0.15, 0.2) is 0 Å². The van der Waals surface area contributed by atoms with Gasteiger partial charge in [0, 0.05) is 29.2 Å². The minimum absolute atomic E-state index is 0.0668. The van der Waals surface area contributed by atoms with E-state index in [4.69, 9.17) is 5.73 Å². The maximum atomic E-state index is 12.2. The summed E-state index contributed by atoms with van der Waals surface area (Å²) < 4.78 is 0. The highest BCUT2D eigenvalue weighted by Gasteiger charge is 2.23. The highest BCUT2D eigenvalue weighted by Crippen LogP contribution is 2.19. The number of amides is 1. The highest BCUT2D eigenvalue weighted by molar-refractivity contribution is 5.88. The fourth-order valence-electron chi connectivity index (χ4n) is 3.05. The molecule has 0 aliphatic heterocycles. The Hall–Kier alpha value is -1.81. The Morgan fingerprint density at radius 2 is 2.10 bits per heavy atom. The molecule has 20 heavy (non-hydrogen) atoms. The lowest BCUT2D eigenvalue weighted by Crippen LogP contribution is -2.49. The summed E-state index contributed by atoms with van der Waals surface area (Å²) >= 11 is 0. The molecule has 3 rings (SSSR count). The van der Waals surface area contributed by atoms with Crippen LogP contribution in [0.25, 0.3) is 10.9 Å². The summed E-state index contributed by atoms with van der Waals surface area (Å²) in [6.07, 6.45) is 6.68. The molecule has 1 heterocycles. The second-order valence-electron chi connectivity index (χ2n) is 5.66. The van der Waals surface area contributed by atoms with Gasteiger partial charge in [-0.25, -0.2) is 0 Å². The maximum absolute atomic E-state index is 12.2. The van der Waals surface area contributed by atoms with Crippen LogP contribution in [0.4, 0.5) is 0 Å². The van der Waals surface area contributed by atoms with Crippen molar-refractivity contribution in [2.75, 3.05) is 0 Å². The third-order valence-corrected chi connectivity index (χ3v) is 4.19. The summed E-state index contributed by atoms with van der Waals surface area (Å²) in [6.45, 7) is 0. The summed E-state index contributed by atoms with van der Waals surface area (Å²) in [5.74, 6) is 0.0668. The van der Waals surface area contributed by atoms with Gasteiger partial charge in [-0.3, -0.25) is 4.79 Å². The Morgan fingerprint density at radius 1 is 1.30 bits per heavy atom. The number of hydrogen-bond acceptors (Lipinski definition) is 2. The number of nitrogens with two attached hydrogens (primary N) is 1. The largest absolute Gasteiger partial charge is 0.361 e. The molecule has 4 nitrogen and oxygen atoms in total. The Balaban J connectivity index is 1.66. The zero-order valence-corrected chi connectivity index (χ0v) is 11.6. The number of fused-ring (bicyclic) bond motifs is 1. The smallest absolute Gasteiger partial charge is 0.224 e. The first-order chi connectivity index (χ1) is 9.74. The number of carbonyl (C=O) groups excluding carboxylic acids is 1. The number of rotatable bonds is 3. The van der Waals surface area contributed by atoms with Gasteiger partial charge in [0.1, 0.15) is 0 Å². The van der Waals surface area contributed by atoms with Crippen LogP contribution in [0.5, 0.6) is 0 Å². The summed E-state index contributed by atoms with van der Waals surface area (Å²) in [6, 6.07) is 8.30. The van der Waals surface area contributed by atoms with E-state index in [1.807, 2.05) is 30.5 Å². The average Bonchev–Trinajstić information content (AvgIpc) is 2.85. The molecule has 2 aromatic rings. The van der Waals surface area contributed by atoms with E-state index in [9.17, 15) is 4.79 Å². The highest BCUT2D eigenvalue weighted by atomic mass is 16.1. The lowest BCUT2D eigenvalue weighted by molar-refractivity contribution is -0.121. The number of H-pyrrole nitrogens is 1. The minimum Gasteiger partial charge on any atom is -0.361 e. The van der Waals surface area contributed by atoms with Gasteiger partial charge in [-0.2, -0.15) is 0 Å². The number of benzene rings is 1. The fraction of sp³-hybridized carbons (Fsp3) is 0.438. The molecule has 1 aliphatic rings. The molecule has 0 bridgehead atoms. The second kappa shape index (κ2) is 5.67. The first-order valence-corrected chi connectivity index (χ1v) is 7.34. The number of para-hydroxylation sites is 1. The minimum atomic E-state index is 0.0668. The lowest BCUT2D eigenvalue weighted by atomic mass is 9.91. The predicted molar refractivity (Wildman–Crippen MR) is 80.4 cm³/mol. The van der Waals surface area contributed by atoms with Gasteiger partial charge in [-0.1, -0.05) is 31.0 Å². The molecule has 1 fully saturated rings. The van der Waals surface area contributed by atoms with Gasteiger partial charge in [-0.05, 0) is 24.5 Å². The molecule has 0 spiro atoms. The van der Waals surface area contributed by atoms with Crippen molar-refractivity contribution in [2.45, 2.75) is 44.2 Å². The zero-order valence-electron chi connectivity index (χ0n) is 11.6. The second-order valence-corrected chi connectivity index (χ2v) is 5.66. The first kappa shape index (κ1) is 13.2. The van der Waals surface area contributed by atoms with Gasteiger partial charge in [0.2, 0.25) is 5.91 Å². The lowest BCUT2D eigenvalue weighted by Gasteiger charge is -2.29. The summed E-state index contributed by atoms with van der Waals surface area (Å²) in [4.78, 5) is 15.4. The van der Waals surface area contributed by atoms with E-state index in [1.165, 1.54) is 6.42 Å². The van der Waals surface area contributed by atoms with E-state index in [1.54, 1.807) is 0 Å². The molecule has 1 aromatic carbocycles. The van der Waals surface area contributed by atoms with E-state index in [-0.39, 0.29) is 18.0 Å². The van der Waals surface area contributed by atoms with Crippen LogP contribution in [-0.4, -0.2) is 23.0 Å². The van der Waals surface area contributed by atoms with Gasteiger partial charge in [-0.15, -0.1) is 0 Å². The van der Waals surface area contributed by atoms with Crippen LogP contribution in [0, 0.1) is 0 Å². The summed E-state index contributed by atoms with van der Waals surface area (Å²) in [5.41, 5.74) is 8.19. The molecule has 1 amide bonds. The van der Waals surface area contributed by atoms with Crippen molar-refractivity contribution in [3.8, 4) is 0 Å². The van der Waals surface area contributed by atoms with Crippen molar-refractivity contribution in [3.63, 3.8) is 0 Å². The first-order valence-electron chi connectivity index (χ1n) is 7.34. The van der Waals surface area contributed by atoms with Crippen LogP contribution in [-0.2, 0) is 11.2 Å². The third-order valence-electron chi connectivity index (χ3n) is 4.19. The van der Waals surface area contributed by atoms with Crippen molar-refractivity contribution in [1.82, 2.24) is 10.3 Å². The van der Waals surface area contributed by atoms with Crippen molar-refractivity contribution in [2.24, 2.45) is 5.73 Å². The molecule has 0 radical (unpaired) electrons. The Kier molecular flexibility index (Phi) is 3.74. The molecule has 1 aromatic heterocycles. The molecular weight excluding hydrogens is 250 g/mol. The van der Waals surface area contributed by atoms with Crippen LogP contribution in [0.2, 0.25) is 0 Å². The van der Waals surface area contributed by atoms with E-state index in [0.717, 1.165) is 35.7 Å². The zero-order chi connectivity index (χ0) is 13.9. The maximum Gasteiger partial charge on any atom is 0.224 e. The molecular formula is C16H21N3O. The molecule has 2 atom stereocenters. The van der Waals surface area contributed by atoms with Crippen LogP contribution >= 0.6 is 0 Å². The van der Waals surface area contributed by atoms with E-state index < -0.39 is 0 Å². The number of aromatic amines is 1. The standard InChI is InChI=1S/C16H21N3O/c17-13-6-2-4-8-15(13)19-16(20)9-11-10-18-14-7-3-1-5-12(11)14/h1,3,5,7,10,13,15,18H,2,4,6,8-9,17H2,(H,19,20)/t13-,15-/m1/s1. The normalized spacial score (nSPS) is 22.9. The van der Waals surface area contributed by atoms with Gasteiger partial charge < -0.3 is 16.0 Å².